The lowest BCUT2D eigenvalue weighted by Gasteiger charge is -2.15. The number of aromatic nitrogens is 2. The summed E-state index contributed by atoms with van der Waals surface area (Å²) >= 11 is 13.1. The first-order valence-electron chi connectivity index (χ1n) is 10.7. The second-order valence-corrected chi connectivity index (χ2v) is 8.62. The zero-order chi connectivity index (χ0) is 23.5. The Balaban J connectivity index is 1.58. The van der Waals surface area contributed by atoms with E-state index in [2.05, 4.69) is 10.3 Å². The number of nitrogens with zero attached hydrogens (tertiary/aromatic N) is 2. The highest BCUT2D eigenvalue weighted by atomic mass is 35.5. The minimum Gasteiger partial charge on any atom is -0.495 e. The molecule has 1 aromatic heterocycles. The number of halogens is 2. The summed E-state index contributed by atoms with van der Waals surface area (Å²) in [5.41, 5.74) is 2.25. The average molecular weight is 490 g/mol. The second kappa shape index (κ2) is 10.1. The smallest absolute Gasteiger partial charge is 0.323 e. The van der Waals surface area contributed by atoms with E-state index in [1.165, 1.54) is 0 Å². The lowest BCUT2D eigenvalue weighted by Crippen LogP contribution is -2.32. The third kappa shape index (κ3) is 4.86. The van der Waals surface area contributed by atoms with Crippen molar-refractivity contribution < 1.29 is 19.0 Å². The molecule has 0 bridgehead atoms. The minimum absolute atomic E-state index is 0.196. The first kappa shape index (κ1) is 23.5. The van der Waals surface area contributed by atoms with Crippen LogP contribution in [0.1, 0.15) is 19.2 Å². The summed E-state index contributed by atoms with van der Waals surface area (Å²) in [5, 5.41) is 4.90. The van der Waals surface area contributed by atoms with E-state index < -0.39 is 0 Å². The lowest BCUT2D eigenvalue weighted by atomic mass is 10.0. The number of carbonyl (C=O) groups excluding carboxylic acids is 1. The van der Waals surface area contributed by atoms with Crippen LogP contribution in [0.3, 0.4) is 0 Å². The van der Waals surface area contributed by atoms with Gasteiger partial charge in [0.2, 0.25) is 0 Å². The predicted molar refractivity (Wildman–Crippen MR) is 128 cm³/mol. The van der Waals surface area contributed by atoms with Gasteiger partial charge in [-0.1, -0.05) is 29.3 Å². The van der Waals surface area contributed by atoms with E-state index >= 15 is 0 Å². The van der Waals surface area contributed by atoms with Gasteiger partial charge in [-0.25, -0.2) is 9.97 Å². The van der Waals surface area contributed by atoms with Crippen molar-refractivity contribution in [3.8, 4) is 22.6 Å². The maximum atomic E-state index is 11.9. The van der Waals surface area contributed by atoms with Crippen molar-refractivity contribution in [1.82, 2.24) is 15.3 Å². The molecule has 0 aliphatic carbocycles. The molecular formula is C24H25Cl2N3O4. The maximum absolute atomic E-state index is 11.9. The van der Waals surface area contributed by atoms with Crippen molar-refractivity contribution in [2.24, 2.45) is 5.92 Å². The number of esters is 1. The molecule has 7 nitrogen and oxygen atoms in total. The highest BCUT2D eigenvalue weighted by Crippen LogP contribution is 2.46. The highest BCUT2D eigenvalue weighted by molar-refractivity contribution is 6.41. The number of rotatable bonds is 7. The van der Waals surface area contributed by atoms with Crippen molar-refractivity contribution in [1.29, 1.82) is 0 Å². The number of fused-ring (bicyclic) bond motifs is 1. The third-order valence-electron chi connectivity index (χ3n) is 5.76. The summed E-state index contributed by atoms with van der Waals surface area (Å²) in [6.45, 7) is 2.93. The Bertz CT molecular complexity index is 1160. The molecule has 0 radical (unpaired) electrons. The Morgan fingerprint density at radius 3 is 2.55 bits per heavy atom. The van der Waals surface area contributed by atoms with E-state index in [1.54, 1.807) is 26.5 Å². The van der Waals surface area contributed by atoms with Crippen LogP contribution in [0.5, 0.6) is 11.5 Å². The zero-order valence-corrected chi connectivity index (χ0v) is 20.2. The van der Waals surface area contributed by atoms with Crippen molar-refractivity contribution in [3.05, 3.63) is 46.3 Å². The molecule has 2 aromatic carbocycles. The Kier molecular flexibility index (Phi) is 7.22. The van der Waals surface area contributed by atoms with Gasteiger partial charge < -0.3 is 19.5 Å². The largest absolute Gasteiger partial charge is 0.495 e. The molecule has 0 amide bonds. The van der Waals surface area contributed by atoms with Gasteiger partial charge in [-0.3, -0.25) is 4.79 Å². The first-order valence-corrected chi connectivity index (χ1v) is 11.5. The molecular weight excluding hydrogens is 465 g/mol. The number of ether oxygens (including phenoxy) is 3. The van der Waals surface area contributed by atoms with E-state index in [0.29, 0.717) is 46.6 Å². The van der Waals surface area contributed by atoms with E-state index in [1.807, 2.05) is 25.1 Å². The Morgan fingerprint density at radius 1 is 1.15 bits per heavy atom. The van der Waals surface area contributed by atoms with Crippen LogP contribution in [0.4, 0.5) is 0 Å². The summed E-state index contributed by atoms with van der Waals surface area (Å²) in [7, 11) is 3.09. The van der Waals surface area contributed by atoms with Gasteiger partial charge in [0.15, 0.2) is 0 Å². The van der Waals surface area contributed by atoms with E-state index in [9.17, 15) is 4.79 Å². The predicted octanol–water partition coefficient (Wildman–Crippen LogP) is 4.70. The average Bonchev–Trinajstić information content (AvgIpc) is 3.28. The van der Waals surface area contributed by atoms with Crippen LogP contribution in [-0.4, -0.2) is 49.4 Å². The van der Waals surface area contributed by atoms with Gasteiger partial charge in [-0.05, 0) is 43.5 Å². The number of hydrogen-bond acceptors (Lipinski definition) is 7. The van der Waals surface area contributed by atoms with Gasteiger partial charge in [0, 0.05) is 29.6 Å². The van der Waals surface area contributed by atoms with E-state index in [0.717, 1.165) is 28.8 Å². The molecule has 0 saturated carbocycles. The fraction of sp³-hybridized carbons (Fsp3) is 0.375. The number of hydrogen-bond donors (Lipinski definition) is 1. The molecule has 1 N–H and O–H groups in total. The molecule has 4 rings (SSSR count). The molecule has 2 atom stereocenters. The van der Waals surface area contributed by atoms with Crippen LogP contribution >= 0.6 is 23.2 Å². The van der Waals surface area contributed by atoms with E-state index in [4.69, 9.17) is 42.4 Å². The molecule has 1 aliphatic heterocycles. The Labute approximate surface area is 202 Å². The van der Waals surface area contributed by atoms with Gasteiger partial charge in [0.1, 0.15) is 23.4 Å². The fourth-order valence-corrected chi connectivity index (χ4v) is 4.83. The van der Waals surface area contributed by atoms with E-state index in [-0.39, 0.29) is 17.9 Å². The van der Waals surface area contributed by atoms with Crippen molar-refractivity contribution >= 4 is 40.1 Å². The van der Waals surface area contributed by atoms with Gasteiger partial charge >= 0.3 is 5.97 Å². The van der Waals surface area contributed by atoms with Crippen LogP contribution in [0.15, 0.2) is 30.5 Å². The van der Waals surface area contributed by atoms with Gasteiger partial charge in [0.05, 0.1) is 36.4 Å². The van der Waals surface area contributed by atoms with Crippen LogP contribution in [-0.2, 0) is 16.0 Å². The molecule has 1 aliphatic rings. The summed E-state index contributed by atoms with van der Waals surface area (Å²) in [4.78, 5) is 21.2. The topological polar surface area (TPSA) is 82.6 Å². The zero-order valence-electron chi connectivity index (χ0n) is 18.7. The van der Waals surface area contributed by atoms with Crippen LogP contribution in [0.25, 0.3) is 22.0 Å². The summed E-state index contributed by atoms with van der Waals surface area (Å²) in [5.74, 6) is 1.78. The summed E-state index contributed by atoms with van der Waals surface area (Å²) in [6.07, 6.45) is 3.20. The van der Waals surface area contributed by atoms with Crippen LogP contribution < -0.4 is 14.8 Å². The Hall–Kier alpha value is -2.61. The second-order valence-electron chi connectivity index (χ2n) is 7.86. The SMILES string of the molecule is CCOC(=O)[C@@H]1C[C@H](Cc2ncc3cc(-c4c(Cl)c(OC)cc(OC)c4Cl)ccc3n2)CN1. The number of benzene rings is 2. The number of carbonyl (C=O) groups is 1. The van der Waals surface area contributed by atoms with Crippen LogP contribution in [0, 0.1) is 5.92 Å². The maximum Gasteiger partial charge on any atom is 0.323 e. The third-order valence-corrected chi connectivity index (χ3v) is 6.51. The minimum atomic E-state index is -0.257. The molecule has 3 aromatic rings. The molecule has 33 heavy (non-hydrogen) atoms. The van der Waals surface area contributed by atoms with Crippen LogP contribution in [0.2, 0.25) is 10.0 Å². The normalized spacial score (nSPS) is 17.8. The molecule has 1 saturated heterocycles. The van der Waals surface area contributed by atoms with Crippen molar-refractivity contribution in [2.45, 2.75) is 25.8 Å². The first-order chi connectivity index (χ1) is 15.9. The van der Waals surface area contributed by atoms with Gasteiger partial charge in [-0.2, -0.15) is 0 Å². The summed E-state index contributed by atoms with van der Waals surface area (Å²) in [6, 6.07) is 7.18. The molecule has 174 valence electrons. The number of nitrogens with one attached hydrogen (secondary N) is 1. The standard InChI is InChI=1S/C24H25Cl2N3O4/c1-4-33-24(30)17-7-13(11-27-17)8-20-28-12-15-9-14(5-6-16(15)29-20)21-22(25)18(31-2)10-19(32-3)23(21)26/h5-6,9-10,12-13,17,27H,4,7-8,11H2,1-3H3/t13-,17+/m1/s1. The van der Waals surface area contributed by atoms with Gasteiger partial charge in [-0.15, -0.1) is 0 Å². The summed E-state index contributed by atoms with van der Waals surface area (Å²) < 4.78 is 15.9. The quantitative estimate of drug-likeness (QED) is 0.481. The van der Waals surface area contributed by atoms with Crippen molar-refractivity contribution in [3.63, 3.8) is 0 Å². The number of methoxy groups -OCH3 is 2. The molecule has 0 unspecified atom stereocenters. The molecule has 2 heterocycles. The lowest BCUT2D eigenvalue weighted by molar-refractivity contribution is -0.145. The Morgan fingerprint density at radius 2 is 1.88 bits per heavy atom. The van der Waals surface area contributed by atoms with Crippen molar-refractivity contribution in [2.75, 3.05) is 27.4 Å². The molecule has 0 spiro atoms. The molecule has 9 heteroatoms. The molecule has 1 fully saturated rings. The fourth-order valence-electron chi connectivity index (χ4n) is 4.11. The van der Waals surface area contributed by atoms with Gasteiger partial charge in [0.25, 0.3) is 0 Å². The highest BCUT2D eigenvalue weighted by Gasteiger charge is 2.31. The monoisotopic (exact) mass is 489 g/mol.